The normalized spacial score (nSPS) is 14.6. The predicted molar refractivity (Wildman–Crippen MR) is 82.7 cm³/mol. The van der Waals surface area contributed by atoms with Crippen molar-refractivity contribution in [2.75, 3.05) is 24.2 Å². The van der Waals surface area contributed by atoms with Gasteiger partial charge in [0.15, 0.2) is 0 Å². The number of amides is 4. The van der Waals surface area contributed by atoms with Crippen molar-refractivity contribution in [3.05, 3.63) is 29.8 Å². The standard InChI is InChI=1S/C14H12F3N3O4S/c15-14(16,17)8-2-1-3-9(6-8)19-12(23)11(22)18-4-5-20-10(21)7-25-13(20)24/h1-3,6H,4-5,7H2,(H,18,22)(H,19,23). The molecule has 1 aliphatic heterocycles. The number of nitrogens with zero attached hydrogens (tertiary/aromatic N) is 1. The van der Waals surface area contributed by atoms with Crippen LogP contribution in [0.15, 0.2) is 24.3 Å². The Balaban J connectivity index is 1.85. The number of rotatable bonds is 4. The van der Waals surface area contributed by atoms with Crippen molar-refractivity contribution >= 4 is 40.4 Å². The first-order chi connectivity index (χ1) is 11.7. The molecule has 1 aromatic rings. The first-order valence-corrected chi connectivity index (χ1v) is 7.90. The van der Waals surface area contributed by atoms with Crippen LogP contribution in [-0.2, 0) is 20.6 Å². The van der Waals surface area contributed by atoms with Crippen LogP contribution in [0.3, 0.4) is 0 Å². The Labute approximate surface area is 143 Å². The van der Waals surface area contributed by atoms with E-state index in [9.17, 15) is 32.3 Å². The van der Waals surface area contributed by atoms with Crippen LogP contribution in [0.5, 0.6) is 0 Å². The lowest BCUT2D eigenvalue weighted by atomic mass is 10.2. The summed E-state index contributed by atoms with van der Waals surface area (Å²) in [6, 6.07) is 3.83. The number of halogens is 3. The van der Waals surface area contributed by atoms with Crippen LogP contribution in [0.2, 0.25) is 0 Å². The lowest BCUT2D eigenvalue weighted by molar-refractivity contribution is -0.137. The Kier molecular flexibility index (Phi) is 5.67. The van der Waals surface area contributed by atoms with E-state index in [1.54, 1.807) is 0 Å². The average Bonchev–Trinajstić information content (AvgIpc) is 2.86. The molecule has 0 bridgehead atoms. The van der Waals surface area contributed by atoms with E-state index in [1.165, 1.54) is 6.07 Å². The van der Waals surface area contributed by atoms with Crippen molar-refractivity contribution in [1.82, 2.24) is 10.2 Å². The van der Waals surface area contributed by atoms with Gasteiger partial charge in [-0.2, -0.15) is 13.2 Å². The summed E-state index contributed by atoms with van der Waals surface area (Å²) < 4.78 is 37.8. The highest BCUT2D eigenvalue weighted by molar-refractivity contribution is 8.14. The summed E-state index contributed by atoms with van der Waals surface area (Å²) in [5.74, 6) is -2.61. The molecular formula is C14H12F3N3O4S. The Morgan fingerprint density at radius 3 is 2.52 bits per heavy atom. The van der Waals surface area contributed by atoms with Crippen molar-refractivity contribution in [2.24, 2.45) is 0 Å². The Hall–Kier alpha value is -2.56. The minimum Gasteiger partial charge on any atom is -0.346 e. The van der Waals surface area contributed by atoms with E-state index in [0.717, 1.165) is 28.8 Å². The summed E-state index contributed by atoms with van der Waals surface area (Å²) in [4.78, 5) is 46.9. The monoisotopic (exact) mass is 375 g/mol. The number of alkyl halides is 3. The number of nitrogens with one attached hydrogen (secondary N) is 2. The molecule has 4 amide bonds. The minimum absolute atomic E-state index is 0.0306. The zero-order valence-electron chi connectivity index (χ0n) is 12.6. The minimum atomic E-state index is -4.57. The topological polar surface area (TPSA) is 95.6 Å². The summed E-state index contributed by atoms with van der Waals surface area (Å²) in [5, 5.41) is 3.80. The lowest BCUT2D eigenvalue weighted by Crippen LogP contribution is -2.41. The fourth-order valence-electron chi connectivity index (χ4n) is 1.92. The van der Waals surface area contributed by atoms with Gasteiger partial charge in [0.1, 0.15) is 0 Å². The molecule has 1 aromatic carbocycles. The molecule has 1 aliphatic rings. The fourth-order valence-corrected chi connectivity index (χ4v) is 2.67. The lowest BCUT2D eigenvalue weighted by Gasteiger charge is -2.13. The number of imide groups is 1. The molecule has 0 aliphatic carbocycles. The SMILES string of the molecule is O=C(NCCN1C(=O)CSC1=O)C(=O)Nc1cccc(C(F)(F)F)c1. The van der Waals surface area contributed by atoms with Crippen molar-refractivity contribution in [1.29, 1.82) is 0 Å². The van der Waals surface area contributed by atoms with Crippen LogP contribution < -0.4 is 10.6 Å². The van der Waals surface area contributed by atoms with E-state index in [-0.39, 0.29) is 24.5 Å². The molecule has 1 saturated heterocycles. The fraction of sp³-hybridized carbons (Fsp3) is 0.286. The number of thioether (sulfide) groups is 1. The first-order valence-electron chi connectivity index (χ1n) is 6.92. The summed E-state index contributed by atoms with van der Waals surface area (Å²) in [6.45, 7) is -0.236. The van der Waals surface area contributed by atoms with Gasteiger partial charge in [0.2, 0.25) is 5.91 Å². The van der Waals surface area contributed by atoms with Crippen LogP contribution in [0.4, 0.5) is 23.7 Å². The number of benzene rings is 1. The second kappa shape index (κ2) is 7.55. The number of anilines is 1. The third kappa shape index (κ3) is 4.95. The molecule has 11 heteroatoms. The maximum Gasteiger partial charge on any atom is 0.416 e. The molecular weight excluding hydrogens is 363 g/mol. The third-order valence-electron chi connectivity index (χ3n) is 3.12. The van der Waals surface area contributed by atoms with Gasteiger partial charge in [-0.1, -0.05) is 17.8 Å². The van der Waals surface area contributed by atoms with E-state index in [2.05, 4.69) is 5.32 Å². The third-order valence-corrected chi connectivity index (χ3v) is 3.97. The summed E-state index contributed by atoms with van der Waals surface area (Å²) in [5.41, 5.74) is -1.15. The zero-order chi connectivity index (χ0) is 18.6. The molecule has 1 fully saturated rings. The molecule has 0 atom stereocenters. The van der Waals surface area contributed by atoms with Crippen molar-refractivity contribution < 1.29 is 32.3 Å². The smallest absolute Gasteiger partial charge is 0.346 e. The van der Waals surface area contributed by atoms with E-state index < -0.39 is 34.7 Å². The molecule has 2 N–H and O–H groups in total. The zero-order valence-corrected chi connectivity index (χ0v) is 13.4. The Morgan fingerprint density at radius 2 is 1.92 bits per heavy atom. The molecule has 0 spiro atoms. The van der Waals surface area contributed by atoms with Crippen molar-refractivity contribution in [3.8, 4) is 0 Å². The van der Waals surface area contributed by atoms with Gasteiger partial charge in [-0.3, -0.25) is 24.1 Å². The molecule has 134 valence electrons. The summed E-state index contributed by atoms with van der Waals surface area (Å²) in [7, 11) is 0. The highest BCUT2D eigenvalue weighted by Gasteiger charge is 2.31. The van der Waals surface area contributed by atoms with Gasteiger partial charge in [0.05, 0.1) is 11.3 Å². The van der Waals surface area contributed by atoms with Crippen molar-refractivity contribution in [2.45, 2.75) is 6.18 Å². The highest BCUT2D eigenvalue weighted by Crippen LogP contribution is 2.30. The van der Waals surface area contributed by atoms with Crippen molar-refractivity contribution in [3.63, 3.8) is 0 Å². The van der Waals surface area contributed by atoms with Gasteiger partial charge in [0, 0.05) is 18.8 Å². The molecule has 0 radical (unpaired) electrons. The molecule has 7 nitrogen and oxygen atoms in total. The van der Waals surface area contributed by atoms with Crippen LogP contribution in [-0.4, -0.2) is 46.7 Å². The van der Waals surface area contributed by atoms with E-state index in [0.29, 0.717) is 6.07 Å². The van der Waals surface area contributed by atoms with Gasteiger partial charge in [-0.25, -0.2) is 0 Å². The maximum atomic E-state index is 12.6. The van der Waals surface area contributed by atoms with E-state index >= 15 is 0 Å². The maximum absolute atomic E-state index is 12.6. The molecule has 0 aromatic heterocycles. The predicted octanol–water partition coefficient (Wildman–Crippen LogP) is 1.46. The molecule has 0 saturated carbocycles. The van der Waals surface area contributed by atoms with Gasteiger partial charge >= 0.3 is 18.0 Å². The molecule has 2 rings (SSSR count). The van der Waals surface area contributed by atoms with Crippen LogP contribution in [0, 0.1) is 0 Å². The van der Waals surface area contributed by atoms with Crippen LogP contribution in [0.25, 0.3) is 0 Å². The van der Waals surface area contributed by atoms with E-state index in [1.807, 2.05) is 5.32 Å². The van der Waals surface area contributed by atoms with Crippen LogP contribution in [0.1, 0.15) is 5.56 Å². The average molecular weight is 375 g/mol. The Morgan fingerprint density at radius 1 is 1.20 bits per heavy atom. The highest BCUT2D eigenvalue weighted by atomic mass is 32.2. The number of hydrogen-bond acceptors (Lipinski definition) is 5. The second-order valence-electron chi connectivity index (χ2n) is 4.89. The first kappa shape index (κ1) is 18.8. The number of carbonyl (C=O) groups excluding carboxylic acids is 4. The molecule has 25 heavy (non-hydrogen) atoms. The second-order valence-corrected chi connectivity index (χ2v) is 5.82. The number of carbonyl (C=O) groups is 4. The summed E-state index contributed by atoms with van der Waals surface area (Å²) >= 11 is 0.837. The van der Waals surface area contributed by atoms with Gasteiger partial charge in [0.25, 0.3) is 5.24 Å². The molecule has 1 heterocycles. The van der Waals surface area contributed by atoms with E-state index in [4.69, 9.17) is 0 Å². The van der Waals surface area contributed by atoms with Crippen LogP contribution >= 0.6 is 11.8 Å². The van der Waals surface area contributed by atoms with Gasteiger partial charge in [-0.05, 0) is 18.2 Å². The van der Waals surface area contributed by atoms with Gasteiger partial charge < -0.3 is 10.6 Å². The van der Waals surface area contributed by atoms with Gasteiger partial charge in [-0.15, -0.1) is 0 Å². The quantitative estimate of drug-likeness (QED) is 0.777. The molecule has 0 unspecified atom stereocenters. The largest absolute Gasteiger partial charge is 0.416 e. The summed E-state index contributed by atoms with van der Waals surface area (Å²) in [6.07, 6.45) is -4.57. The Bertz CT molecular complexity index is 708. The number of hydrogen-bond donors (Lipinski definition) is 2.